The van der Waals surface area contributed by atoms with Crippen LogP contribution in [-0.2, 0) is 11.3 Å². The number of hydrogen-bond acceptors (Lipinski definition) is 4. The lowest BCUT2D eigenvalue weighted by molar-refractivity contribution is 0.0116. The van der Waals surface area contributed by atoms with E-state index in [4.69, 9.17) is 4.74 Å². The summed E-state index contributed by atoms with van der Waals surface area (Å²) in [5.74, 6) is -0.606. The minimum atomic E-state index is -1.39. The smallest absolute Gasteiger partial charge is 0.407 e. The molecule has 2 unspecified atom stereocenters. The normalized spacial score (nSPS) is 13.1. The number of rotatable bonds is 7. The highest BCUT2D eigenvalue weighted by molar-refractivity contribution is 9.10. The van der Waals surface area contributed by atoms with Gasteiger partial charge in [-0.2, -0.15) is 0 Å². The number of halogens is 2. The predicted molar refractivity (Wildman–Crippen MR) is 94.3 cm³/mol. The summed E-state index contributed by atoms with van der Waals surface area (Å²) >= 11 is 3.19. The van der Waals surface area contributed by atoms with Crippen LogP contribution in [0.4, 0.5) is 9.18 Å². The number of ether oxygens (including phenoxy) is 1. The summed E-state index contributed by atoms with van der Waals surface area (Å²) in [6.45, 7) is 0.225. The van der Waals surface area contributed by atoms with Crippen molar-refractivity contribution in [1.82, 2.24) is 5.32 Å². The van der Waals surface area contributed by atoms with E-state index in [9.17, 15) is 19.4 Å². The van der Waals surface area contributed by atoms with Crippen molar-refractivity contribution >= 4 is 22.0 Å². The third-order valence-corrected chi connectivity index (χ3v) is 4.06. The van der Waals surface area contributed by atoms with Crippen molar-refractivity contribution in [2.24, 2.45) is 0 Å². The van der Waals surface area contributed by atoms with E-state index in [2.05, 4.69) is 21.2 Å². The lowest BCUT2D eigenvalue weighted by Crippen LogP contribution is -2.30. The average Bonchev–Trinajstić information content (AvgIpc) is 2.62. The first kappa shape index (κ1) is 19.4. The van der Waals surface area contributed by atoms with Gasteiger partial charge in [0.25, 0.3) is 0 Å². The van der Waals surface area contributed by atoms with Crippen molar-refractivity contribution in [3.8, 4) is 0 Å². The Morgan fingerprint density at radius 3 is 2.64 bits per heavy atom. The molecule has 2 aromatic rings. The molecule has 0 aliphatic rings. The molecule has 0 aromatic heterocycles. The molecule has 0 spiro atoms. The fraction of sp³-hybridized carbons (Fsp3) is 0.278. The average molecular weight is 412 g/mol. The highest BCUT2D eigenvalue weighted by Gasteiger charge is 2.21. The van der Waals surface area contributed by atoms with Crippen molar-refractivity contribution in [1.29, 1.82) is 0 Å². The van der Waals surface area contributed by atoms with E-state index in [-0.39, 0.29) is 25.1 Å². The molecule has 0 aliphatic carbocycles. The Morgan fingerprint density at radius 1 is 1.20 bits per heavy atom. The number of aliphatic hydroxyl groups excluding tert-OH is 2. The molecule has 0 heterocycles. The first-order valence-electron chi connectivity index (χ1n) is 7.73. The summed E-state index contributed by atoms with van der Waals surface area (Å²) in [4.78, 5) is 11.6. The van der Waals surface area contributed by atoms with Gasteiger partial charge in [-0.25, -0.2) is 9.18 Å². The number of hydrogen-bond donors (Lipinski definition) is 3. The minimum absolute atomic E-state index is 0.00599. The number of carbonyl (C=O) groups excluding carboxylic acids is 1. The van der Waals surface area contributed by atoms with E-state index in [1.807, 2.05) is 30.3 Å². The molecule has 25 heavy (non-hydrogen) atoms. The number of nitrogens with one attached hydrogen (secondary N) is 1. The van der Waals surface area contributed by atoms with Gasteiger partial charge in [0.15, 0.2) is 0 Å². The third-order valence-electron chi connectivity index (χ3n) is 3.56. The van der Waals surface area contributed by atoms with Crippen molar-refractivity contribution in [2.75, 3.05) is 6.54 Å². The van der Waals surface area contributed by atoms with Gasteiger partial charge in [0.2, 0.25) is 0 Å². The molecule has 2 atom stereocenters. The third kappa shape index (κ3) is 6.12. The summed E-state index contributed by atoms with van der Waals surface area (Å²) in [6.07, 6.45) is -3.19. The number of amides is 1. The van der Waals surface area contributed by atoms with Crippen molar-refractivity contribution in [2.45, 2.75) is 25.2 Å². The zero-order chi connectivity index (χ0) is 18.2. The predicted octanol–water partition coefficient (Wildman–Crippen LogP) is 3.30. The molecule has 0 aliphatic heterocycles. The second-order valence-electron chi connectivity index (χ2n) is 5.46. The second kappa shape index (κ2) is 9.50. The maximum atomic E-state index is 13.7. The molecule has 2 rings (SSSR count). The SMILES string of the molecule is O=C(NCCC(O)C(O)c1cc(Br)ccc1F)OCc1ccccc1. The fourth-order valence-corrected chi connectivity index (χ4v) is 2.58. The molecular weight excluding hydrogens is 393 g/mol. The summed E-state index contributed by atoms with van der Waals surface area (Å²) in [5.41, 5.74) is 0.853. The number of alkyl carbamates (subject to hydrolysis) is 1. The van der Waals surface area contributed by atoms with Gasteiger partial charge in [-0.3, -0.25) is 0 Å². The van der Waals surface area contributed by atoms with Crippen LogP contribution in [0.1, 0.15) is 23.7 Å². The van der Waals surface area contributed by atoms with E-state index in [0.29, 0.717) is 4.47 Å². The second-order valence-corrected chi connectivity index (χ2v) is 6.37. The Balaban J connectivity index is 1.75. The molecule has 1 amide bonds. The highest BCUT2D eigenvalue weighted by atomic mass is 79.9. The Hall–Kier alpha value is -1.96. The molecule has 7 heteroatoms. The van der Waals surface area contributed by atoms with Crippen molar-refractivity contribution in [3.63, 3.8) is 0 Å². The van der Waals surface area contributed by atoms with Crippen LogP contribution >= 0.6 is 15.9 Å². The summed E-state index contributed by atoms with van der Waals surface area (Å²) in [5, 5.41) is 22.5. The lowest BCUT2D eigenvalue weighted by atomic mass is 10.0. The zero-order valence-corrected chi connectivity index (χ0v) is 14.9. The van der Waals surface area contributed by atoms with Crippen LogP contribution in [0, 0.1) is 5.82 Å². The van der Waals surface area contributed by atoms with Gasteiger partial charge in [0.05, 0.1) is 6.10 Å². The standard InChI is InChI=1S/C18H19BrFNO4/c19-13-6-7-15(20)14(10-13)17(23)16(22)8-9-21-18(24)25-11-12-4-2-1-3-5-12/h1-7,10,16-17,22-23H,8-9,11H2,(H,21,24). The summed E-state index contributed by atoms with van der Waals surface area (Å²) < 4.78 is 19.3. The first-order valence-corrected chi connectivity index (χ1v) is 8.52. The Morgan fingerprint density at radius 2 is 1.92 bits per heavy atom. The largest absolute Gasteiger partial charge is 0.445 e. The van der Waals surface area contributed by atoms with E-state index >= 15 is 0 Å². The van der Waals surface area contributed by atoms with Crippen LogP contribution in [0.3, 0.4) is 0 Å². The molecule has 0 fully saturated rings. The highest BCUT2D eigenvalue weighted by Crippen LogP contribution is 2.25. The number of carbonyl (C=O) groups is 1. The Bertz CT molecular complexity index is 699. The molecule has 0 bridgehead atoms. The van der Waals surface area contributed by atoms with Crippen LogP contribution in [0.5, 0.6) is 0 Å². The van der Waals surface area contributed by atoms with Crippen LogP contribution in [-0.4, -0.2) is 29.0 Å². The maximum Gasteiger partial charge on any atom is 0.407 e. The minimum Gasteiger partial charge on any atom is -0.445 e. The van der Waals surface area contributed by atoms with Gasteiger partial charge >= 0.3 is 6.09 Å². The molecule has 0 saturated carbocycles. The lowest BCUT2D eigenvalue weighted by Gasteiger charge is -2.19. The maximum absolute atomic E-state index is 13.7. The fourth-order valence-electron chi connectivity index (χ4n) is 2.20. The van der Waals surface area contributed by atoms with E-state index in [1.54, 1.807) is 0 Å². The van der Waals surface area contributed by atoms with Gasteiger partial charge in [0, 0.05) is 16.6 Å². The zero-order valence-electron chi connectivity index (χ0n) is 13.4. The van der Waals surface area contributed by atoms with Gasteiger partial charge in [-0.05, 0) is 30.2 Å². The molecule has 0 saturated heterocycles. The molecule has 3 N–H and O–H groups in total. The molecule has 5 nitrogen and oxygen atoms in total. The number of benzene rings is 2. The summed E-state index contributed by atoms with van der Waals surface area (Å²) in [6, 6.07) is 13.3. The van der Waals surface area contributed by atoms with E-state index in [0.717, 1.165) is 5.56 Å². The van der Waals surface area contributed by atoms with Gasteiger partial charge in [-0.1, -0.05) is 46.3 Å². The van der Waals surface area contributed by atoms with Gasteiger partial charge in [0.1, 0.15) is 18.5 Å². The Labute approximate surface area is 153 Å². The molecule has 134 valence electrons. The summed E-state index contributed by atoms with van der Waals surface area (Å²) in [7, 11) is 0. The van der Waals surface area contributed by atoms with Crippen LogP contribution < -0.4 is 5.32 Å². The Kier molecular flexibility index (Phi) is 7.36. The van der Waals surface area contributed by atoms with Gasteiger partial charge in [-0.15, -0.1) is 0 Å². The van der Waals surface area contributed by atoms with E-state index in [1.165, 1.54) is 18.2 Å². The first-order chi connectivity index (χ1) is 12.0. The molecule has 0 radical (unpaired) electrons. The molecular formula is C18H19BrFNO4. The van der Waals surface area contributed by atoms with Crippen molar-refractivity contribution < 1.29 is 24.1 Å². The van der Waals surface area contributed by atoms with Crippen LogP contribution in [0.25, 0.3) is 0 Å². The quantitative estimate of drug-likeness (QED) is 0.652. The van der Waals surface area contributed by atoms with Gasteiger partial charge < -0.3 is 20.3 Å². The number of aliphatic hydroxyl groups is 2. The molecule has 2 aromatic carbocycles. The van der Waals surface area contributed by atoms with Crippen molar-refractivity contribution in [3.05, 3.63) is 69.9 Å². The van der Waals surface area contributed by atoms with Crippen LogP contribution in [0.2, 0.25) is 0 Å². The topological polar surface area (TPSA) is 78.8 Å². The van der Waals surface area contributed by atoms with Crippen LogP contribution in [0.15, 0.2) is 53.0 Å². The van der Waals surface area contributed by atoms with E-state index < -0.39 is 24.1 Å². The monoisotopic (exact) mass is 411 g/mol.